The molecule has 1 atom stereocenters. The van der Waals surface area contributed by atoms with E-state index in [0.29, 0.717) is 5.92 Å². The van der Waals surface area contributed by atoms with E-state index in [9.17, 15) is 0 Å². The summed E-state index contributed by atoms with van der Waals surface area (Å²) in [6.07, 6.45) is 8.99. The van der Waals surface area contributed by atoms with Gasteiger partial charge in [-0.25, -0.2) is 4.68 Å². The van der Waals surface area contributed by atoms with Crippen molar-refractivity contribution in [3.8, 4) is 0 Å². The van der Waals surface area contributed by atoms with Crippen molar-refractivity contribution in [2.45, 2.75) is 46.6 Å². The maximum Gasteiger partial charge on any atom is 0.0574 e. The van der Waals surface area contributed by atoms with Crippen molar-refractivity contribution < 1.29 is 0 Å². The summed E-state index contributed by atoms with van der Waals surface area (Å²) in [6.45, 7) is 20.6. The fraction of sp³-hybridized carbons (Fsp3) is 0.450. The van der Waals surface area contributed by atoms with Crippen LogP contribution in [-0.2, 0) is 0 Å². The van der Waals surface area contributed by atoms with Gasteiger partial charge in [0.2, 0.25) is 0 Å². The quantitative estimate of drug-likeness (QED) is 0.723. The molecule has 1 aliphatic heterocycles. The first-order chi connectivity index (χ1) is 10.7. The minimum Gasteiger partial charge on any atom is -0.369 e. The van der Waals surface area contributed by atoms with E-state index in [1.807, 2.05) is 18.3 Å². The molecule has 0 spiro atoms. The number of nitrogens with zero attached hydrogens (tertiary/aromatic N) is 3. The molecule has 23 heavy (non-hydrogen) atoms. The van der Waals surface area contributed by atoms with E-state index in [1.165, 1.54) is 17.7 Å². The van der Waals surface area contributed by atoms with Gasteiger partial charge >= 0.3 is 0 Å². The maximum absolute atomic E-state index is 4.21. The lowest BCUT2D eigenvalue weighted by Gasteiger charge is -2.35. The Bertz CT molecular complexity index is 644. The van der Waals surface area contributed by atoms with Crippen LogP contribution in [0.3, 0.4) is 0 Å². The van der Waals surface area contributed by atoms with E-state index < -0.39 is 0 Å². The summed E-state index contributed by atoms with van der Waals surface area (Å²) in [4.78, 5) is 2.52. The molecule has 1 fully saturated rings. The molecule has 124 valence electrons. The summed E-state index contributed by atoms with van der Waals surface area (Å²) < 4.78 is 1.77. The third-order valence-electron chi connectivity index (χ3n) is 4.57. The third kappa shape index (κ3) is 3.84. The van der Waals surface area contributed by atoms with Crippen LogP contribution in [0.25, 0.3) is 5.70 Å². The molecule has 2 heterocycles. The first kappa shape index (κ1) is 17.3. The summed E-state index contributed by atoms with van der Waals surface area (Å²) in [5.41, 5.74) is 4.58. The molecule has 0 aromatic carbocycles. The molecule has 1 saturated heterocycles. The van der Waals surface area contributed by atoms with Crippen LogP contribution in [0.2, 0.25) is 0 Å². The molecule has 0 amide bonds. The Hall–Kier alpha value is -2.03. The molecule has 1 aromatic rings. The Morgan fingerprint density at radius 3 is 2.43 bits per heavy atom. The lowest BCUT2D eigenvalue weighted by Crippen LogP contribution is -2.37. The van der Waals surface area contributed by atoms with Gasteiger partial charge < -0.3 is 4.90 Å². The Morgan fingerprint density at radius 2 is 1.96 bits per heavy atom. The molecule has 0 radical (unpaired) electrons. The molecule has 0 saturated carbocycles. The normalized spacial score (nSPS) is 21.6. The van der Waals surface area contributed by atoms with Gasteiger partial charge in [0.05, 0.1) is 5.70 Å². The zero-order valence-electron chi connectivity index (χ0n) is 15.1. The van der Waals surface area contributed by atoms with Gasteiger partial charge in [0, 0.05) is 30.2 Å². The van der Waals surface area contributed by atoms with Gasteiger partial charge in [-0.3, -0.25) is 0 Å². The van der Waals surface area contributed by atoms with Crippen molar-refractivity contribution in [1.82, 2.24) is 14.7 Å². The van der Waals surface area contributed by atoms with E-state index in [0.717, 1.165) is 17.8 Å². The van der Waals surface area contributed by atoms with E-state index in [1.54, 1.807) is 10.9 Å². The molecule has 3 nitrogen and oxygen atoms in total. The van der Waals surface area contributed by atoms with E-state index >= 15 is 0 Å². The third-order valence-corrected chi connectivity index (χ3v) is 4.57. The molecule has 2 rings (SSSR count). The van der Waals surface area contributed by atoms with Gasteiger partial charge in [-0.2, -0.15) is 5.10 Å². The van der Waals surface area contributed by atoms with E-state index in [4.69, 9.17) is 0 Å². The molecule has 0 bridgehead atoms. The summed E-state index contributed by atoms with van der Waals surface area (Å²) in [5.74, 6) is 0.717. The summed E-state index contributed by atoms with van der Waals surface area (Å²) in [7, 11) is 0. The van der Waals surface area contributed by atoms with Crippen molar-refractivity contribution >= 4 is 5.70 Å². The first-order valence-electron chi connectivity index (χ1n) is 8.24. The van der Waals surface area contributed by atoms with Gasteiger partial charge in [-0.15, -0.1) is 0 Å². The largest absolute Gasteiger partial charge is 0.369 e. The fourth-order valence-electron chi connectivity index (χ4n) is 3.59. The number of hydrogen-bond donors (Lipinski definition) is 0. The highest BCUT2D eigenvalue weighted by Gasteiger charge is 2.36. The highest BCUT2D eigenvalue weighted by atomic mass is 15.3. The predicted octanol–water partition coefficient (Wildman–Crippen LogP) is 4.88. The van der Waals surface area contributed by atoms with Crippen molar-refractivity contribution in [3.05, 3.63) is 60.6 Å². The molecular formula is C20H29N3. The second-order valence-electron chi connectivity index (χ2n) is 7.29. The highest BCUT2D eigenvalue weighted by molar-refractivity contribution is 5.56. The molecule has 0 N–H and O–H groups in total. The van der Waals surface area contributed by atoms with Crippen LogP contribution in [0, 0.1) is 5.92 Å². The van der Waals surface area contributed by atoms with Crippen LogP contribution in [0.4, 0.5) is 0 Å². The maximum atomic E-state index is 4.21. The number of rotatable bonds is 5. The van der Waals surface area contributed by atoms with Gasteiger partial charge in [0.15, 0.2) is 0 Å². The number of aromatic nitrogens is 2. The minimum atomic E-state index is 0.192. The summed E-state index contributed by atoms with van der Waals surface area (Å²) in [5, 5.41) is 4.21. The molecule has 1 unspecified atom stereocenters. The van der Waals surface area contributed by atoms with Crippen molar-refractivity contribution in [2.24, 2.45) is 5.92 Å². The predicted molar refractivity (Wildman–Crippen MR) is 98.8 cm³/mol. The SMILES string of the molecule is C=C(C)C(/C=C\C(=C)n1cccn1)=C(/C)N1CC(C)CC1(C)C. The summed E-state index contributed by atoms with van der Waals surface area (Å²) in [6, 6.07) is 1.90. The Morgan fingerprint density at radius 1 is 1.26 bits per heavy atom. The van der Waals surface area contributed by atoms with E-state index in [2.05, 4.69) is 63.9 Å². The van der Waals surface area contributed by atoms with Gasteiger partial charge in [-0.05, 0) is 63.3 Å². The van der Waals surface area contributed by atoms with Gasteiger partial charge in [0.25, 0.3) is 0 Å². The lowest BCUT2D eigenvalue weighted by molar-refractivity contribution is 0.226. The average Bonchev–Trinajstić information content (AvgIpc) is 3.05. The summed E-state index contributed by atoms with van der Waals surface area (Å²) >= 11 is 0. The van der Waals surface area contributed by atoms with Gasteiger partial charge in [0.1, 0.15) is 0 Å². The lowest BCUT2D eigenvalue weighted by atomic mass is 9.96. The van der Waals surface area contributed by atoms with E-state index in [-0.39, 0.29) is 5.54 Å². The zero-order valence-corrected chi connectivity index (χ0v) is 15.1. The van der Waals surface area contributed by atoms with Crippen molar-refractivity contribution in [1.29, 1.82) is 0 Å². The Balaban J connectivity index is 2.30. The molecule has 0 aliphatic carbocycles. The number of allylic oxidation sites excluding steroid dienone is 6. The minimum absolute atomic E-state index is 0.192. The Labute approximate surface area is 140 Å². The highest BCUT2D eigenvalue weighted by Crippen LogP contribution is 2.37. The van der Waals surface area contributed by atoms with Gasteiger partial charge in [-0.1, -0.05) is 26.2 Å². The average molecular weight is 311 g/mol. The van der Waals surface area contributed by atoms with Crippen molar-refractivity contribution in [3.63, 3.8) is 0 Å². The van der Waals surface area contributed by atoms with Crippen LogP contribution >= 0.6 is 0 Å². The molecule has 3 heteroatoms. The first-order valence-corrected chi connectivity index (χ1v) is 8.24. The monoisotopic (exact) mass is 311 g/mol. The van der Waals surface area contributed by atoms with Crippen LogP contribution in [0.5, 0.6) is 0 Å². The molecule has 1 aromatic heterocycles. The van der Waals surface area contributed by atoms with Crippen LogP contribution in [0.1, 0.15) is 41.0 Å². The smallest absolute Gasteiger partial charge is 0.0574 e. The van der Waals surface area contributed by atoms with Crippen LogP contribution in [0.15, 0.2) is 60.6 Å². The fourth-order valence-corrected chi connectivity index (χ4v) is 3.59. The standard InChI is InChI=1S/C20H29N3/c1-15(2)19(10-9-17(4)23-12-8-11-21-23)18(5)22-14-16(3)13-20(22,6)7/h8-12,16H,1,4,13-14H2,2-3,5-7H3/b10-9-,19-18-. The topological polar surface area (TPSA) is 21.1 Å². The Kier molecular flexibility index (Phi) is 4.98. The number of hydrogen-bond acceptors (Lipinski definition) is 2. The van der Waals surface area contributed by atoms with Crippen LogP contribution in [-0.4, -0.2) is 26.8 Å². The van der Waals surface area contributed by atoms with Crippen molar-refractivity contribution in [2.75, 3.05) is 6.54 Å². The van der Waals surface area contributed by atoms with Crippen LogP contribution < -0.4 is 0 Å². The zero-order chi connectivity index (χ0) is 17.2. The number of likely N-dealkylation sites (tertiary alicyclic amines) is 1. The second kappa shape index (κ2) is 6.61. The molecule has 1 aliphatic rings. The molecular weight excluding hydrogens is 282 g/mol. The second-order valence-corrected chi connectivity index (χ2v) is 7.29.